The predicted octanol–water partition coefficient (Wildman–Crippen LogP) is 4.33. The van der Waals surface area contributed by atoms with E-state index in [2.05, 4.69) is 15.9 Å². The van der Waals surface area contributed by atoms with Gasteiger partial charge in [-0.05, 0) is 24.3 Å². The number of nitro groups is 1. The van der Waals surface area contributed by atoms with Crippen LogP contribution in [0.1, 0.15) is 9.67 Å². The summed E-state index contributed by atoms with van der Waals surface area (Å²) in [4.78, 5) is 22.6. The molecule has 1 heterocycles. The van der Waals surface area contributed by atoms with Crippen molar-refractivity contribution < 1.29 is 14.5 Å². The van der Waals surface area contributed by atoms with E-state index in [0.29, 0.717) is 13.7 Å². The maximum atomic E-state index is 11.8. The van der Waals surface area contributed by atoms with E-state index in [1.807, 2.05) is 0 Å². The molecule has 2 rings (SSSR count). The van der Waals surface area contributed by atoms with E-state index >= 15 is 0 Å². The molecular weight excluding hydrogens is 370 g/mol. The molecule has 0 atom stereocenters. The fraction of sp³-hybridized carbons (Fsp3) is 0.0833. The Morgan fingerprint density at radius 2 is 2.15 bits per heavy atom. The number of halogens is 2. The second-order valence-electron chi connectivity index (χ2n) is 3.68. The van der Waals surface area contributed by atoms with E-state index in [-0.39, 0.29) is 23.8 Å². The second-order valence-corrected chi connectivity index (χ2v) is 6.32. The number of benzene rings is 1. The molecule has 0 aliphatic carbocycles. The molecule has 0 N–H and O–H groups in total. The Morgan fingerprint density at radius 3 is 2.75 bits per heavy atom. The molecule has 2 aromatic rings. The highest BCUT2D eigenvalue weighted by Crippen LogP contribution is 2.30. The van der Waals surface area contributed by atoms with Crippen molar-refractivity contribution in [1.82, 2.24) is 0 Å². The molecule has 0 aliphatic rings. The molecule has 0 spiro atoms. The number of hydrogen-bond donors (Lipinski definition) is 0. The molecule has 104 valence electrons. The summed E-state index contributed by atoms with van der Waals surface area (Å²) >= 11 is 10.0. The lowest BCUT2D eigenvalue weighted by Crippen LogP contribution is -2.11. The first-order chi connectivity index (χ1) is 9.47. The lowest BCUT2D eigenvalue weighted by molar-refractivity contribution is -0.385. The van der Waals surface area contributed by atoms with Crippen molar-refractivity contribution in [2.45, 2.75) is 0 Å². The van der Waals surface area contributed by atoms with Crippen molar-refractivity contribution in [2.75, 3.05) is 6.61 Å². The van der Waals surface area contributed by atoms with Crippen molar-refractivity contribution in [2.24, 2.45) is 0 Å². The Balaban J connectivity index is 2.11. The summed E-state index contributed by atoms with van der Waals surface area (Å²) in [5, 5.41) is 10.9. The maximum Gasteiger partial charge on any atom is 0.312 e. The van der Waals surface area contributed by atoms with Gasteiger partial charge in [0.15, 0.2) is 12.4 Å². The van der Waals surface area contributed by atoms with Crippen LogP contribution in [-0.4, -0.2) is 17.3 Å². The van der Waals surface area contributed by atoms with E-state index in [9.17, 15) is 14.9 Å². The number of ether oxygens (including phenoxy) is 1. The fourth-order valence-corrected chi connectivity index (χ4v) is 2.75. The van der Waals surface area contributed by atoms with Crippen molar-refractivity contribution >= 4 is 50.3 Å². The quantitative estimate of drug-likeness (QED) is 0.442. The predicted molar refractivity (Wildman–Crippen MR) is 80.0 cm³/mol. The van der Waals surface area contributed by atoms with Crippen LogP contribution in [0.15, 0.2) is 34.8 Å². The van der Waals surface area contributed by atoms with Crippen molar-refractivity contribution in [1.29, 1.82) is 0 Å². The van der Waals surface area contributed by atoms with Gasteiger partial charge >= 0.3 is 5.69 Å². The second kappa shape index (κ2) is 6.34. The molecule has 0 aliphatic heterocycles. The molecule has 20 heavy (non-hydrogen) atoms. The summed E-state index contributed by atoms with van der Waals surface area (Å²) in [6.07, 6.45) is 0. The van der Waals surface area contributed by atoms with E-state index in [1.54, 1.807) is 18.2 Å². The van der Waals surface area contributed by atoms with E-state index in [0.717, 1.165) is 11.3 Å². The molecule has 0 saturated heterocycles. The minimum Gasteiger partial charge on any atom is -0.478 e. The Morgan fingerprint density at radius 1 is 1.40 bits per heavy atom. The number of ketones is 1. The molecule has 0 amide bonds. The van der Waals surface area contributed by atoms with E-state index < -0.39 is 4.92 Å². The molecule has 8 heteroatoms. The van der Waals surface area contributed by atoms with Gasteiger partial charge in [-0.3, -0.25) is 14.9 Å². The Labute approximate surface area is 131 Å². The number of thiophene rings is 1. The highest BCUT2D eigenvalue weighted by Gasteiger charge is 2.17. The van der Waals surface area contributed by atoms with Crippen LogP contribution < -0.4 is 4.74 Å². The lowest BCUT2D eigenvalue weighted by atomic mass is 10.3. The zero-order chi connectivity index (χ0) is 14.7. The molecular formula is C12H7BrClNO4S. The topological polar surface area (TPSA) is 69.4 Å². The van der Waals surface area contributed by atoms with Gasteiger partial charge in [0.05, 0.1) is 14.1 Å². The van der Waals surface area contributed by atoms with Gasteiger partial charge in [-0.25, -0.2) is 0 Å². The number of nitro benzene ring substituents is 1. The smallest absolute Gasteiger partial charge is 0.312 e. The van der Waals surface area contributed by atoms with Crippen LogP contribution in [0.4, 0.5) is 5.69 Å². The van der Waals surface area contributed by atoms with E-state index in [1.165, 1.54) is 12.1 Å². The monoisotopic (exact) mass is 375 g/mol. The van der Waals surface area contributed by atoms with Gasteiger partial charge in [-0.15, -0.1) is 11.3 Å². The number of nitrogens with zero attached hydrogens (tertiary/aromatic N) is 1. The Kier molecular flexibility index (Phi) is 4.74. The summed E-state index contributed by atoms with van der Waals surface area (Å²) in [5.74, 6) is -0.228. The largest absolute Gasteiger partial charge is 0.478 e. The van der Waals surface area contributed by atoms with Gasteiger partial charge in [0.2, 0.25) is 5.78 Å². The van der Waals surface area contributed by atoms with Crippen molar-refractivity contribution in [3.05, 3.63) is 54.1 Å². The Hall–Kier alpha value is -1.44. The third kappa shape index (κ3) is 3.56. The third-order valence-electron chi connectivity index (χ3n) is 2.32. The Bertz CT molecular complexity index is 673. The van der Waals surface area contributed by atoms with Crippen LogP contribution in [0.25, 0.3) is 0 Å². The molecule has 1 aromatic carbocycles. The summed E-state index contributed by atoms with van der Waals surface area (Å²) in [6.45, 7) is -0.278. The van der Waals surface area contributed by atoms with Crippen molar-refractivity contribution in [3.63, 3.8) is 0 Å². The molecule has 5 nitrogen and oxygen atoms in total. The van der Waals surface area contributed by atoms with E-state index in [4.69, 9.17) is 16.3 Å². The van der Waals surface area contributed by atoms with Gasteiger partial charge < -0.3 is 4.74 Å². The van der Waals surface area contributed by atoms with Crippen LogP contribution in [0.3, 0.4) is 0 Å². The fourth-order valence-electron chi connectivity index (χ4n) is 1.43. The third-order valence-corrected chi connectivity index (χ3v) is 4.09. The number of carbonyl (C=O) groups is 1. The zero-order valence-corrected chi connectivity index (χ0v) is 13.0. The number of hydrogen-bond acceptors (Lipinski definition) is 5. The molecule has 1 aromatic heterocycles. The zero-order valence-electron chi connectivity index (χ0n) is 9.84. The molecule has 0 fully saturated rings. The SMILES string of the molecule is O=C(COc1ccc(Br)cc1[N+](=O)[O-])c1ccc(Cl)s1. The van der Waals surface area contributed by atoms with Crippen LogP contribution in [-0.2, 0) is 0 Å². The maximum absolute atomic E-state index is 11.8. The first-order valence-electron chi connectivity index (χ1n) is 5.32. The number of carbonyl (C=O) groups excluding carboxylic acids is 1. The standard InChI is InChI=1S/C12H7BrClNO4S/c13-7-1-2-10(8(5-7)15(17)18)19-6-9(16)11-3-4-12(14)20-11/h1-5H,6H2. The molecule has 0 saturated carbocycles. The highest BCUT2D eigenvalue weighted by molar-refractivity contribution is 9.10. The van der Waals surface area contributed by atoms with Crippen molar-refractivity contribution in [3.8, 4) is 5.75 Å². The first kappa shape index (κ1) is 15.0. The average molecular weight is 377 g/mol. The minimum atomic E-state index is -0.563. The summed E-state index contributed by atoms with van der Waals surface area (Å²) in [5.41, 5.74) is -0.198. The van der Waals surface area contributed by atoms with Crippen LogP contribution in [0.2, 0.25) is 4.34 Å². The first-order valence-corrected chi connectivity index (χ1v) is 7.31. The molecule has 0 radical (unpaired) electrons. The van der Waals surface area contributed by atoms with Gasteiger partial charge in [0, 0.05) is 10.5 Å². The minimum absolute atomic E-state index is 0.0502. The van der Waals surface area contributed by atoms with Crippen LogP contribution in [0, 0.1) is 10.1 Å². The molecule has 0 bridgehead atoms. The number of Topliss-reactive ketones (excluding diaryl/α,β-unsaturated/α-hetero) is 1. The average Bonchev–Trinajstić information content (AvgIpc) is 2.83. The van der Waals surface area contributed by atoms with Gasteiger partial charge in [-0.1, -0.05) is 27.5 Å². The lowest BCUT2D eigenvalue weighted by Gasteiger charge is -2.05. The summed E-state index contributed by atoms with van der Waals surface area (Å²) < 4.78 is 6.30. The van der Waals surface area contributed by atoms with Gasteiger partial charge in [0.25, 0.3) is 0 Å². The highest BCUT2D eigenvalue weighted by atomic mass is 79.9. The normalized spacial score (nSPS) is 10.3. The number of rotatable bonds is 5. The summed E-state index contributed by atoms with van der Waals surface area (Å²) in [7, 11) is 0. The van der Waals surface area contributed by atoms with Gasteiger partial charge in [-0.2, -0.15) is 0 Å². The molecule has 0 unspecified atom stereocenters. The van der Waals surface area contributed by atoms with Gasteiger partial charge in [0.1, 0.15) is 0 Å². The van der Waals surface area contributed by atoms with Crippen LogP contribution in [0.5, 0.6) is 5.75 Å². The van der Waals surface area contributed by atoms with Crippen LogP contribution >= 0.6 is 38.9 Å². The summed E-state index contributed by atoms with van der Waals surface area (Å²) in [6, 6.07) is 7.57.